The Balaban J connectivity index is 1.36. The van der Waals surface area contributed by atoms with Gasteiger partial charge in [0.1, 0.15) is 17.2 Å². The van der Waals surface area contributed by atoms with Gasteiger partial charge >= 0.3 is 7.12 Å². The summed E-state index contributed by atoms with van der Waals surface area (Å²) in [7, 11) is -1.03. The van der Waals surface area contributed by atoms with Crippen LogP contribution in [-0.2, 0) is 10.3 Å². The van der Waals surface area contributed by atoms with E-state index in [4.69, 9.17) is 9.18 Å². The molecule has 0 fully saturated rings. The molecule has 5 aromatic rings. The van der Waals surface area contributed by atoms with Gasteiger partial charge in [-0.3, -0.25) is 4.98 Å². The van der Waals surface area contributed by atoms with Gasteiger partial charge in [0.05, 0.1) is 23.9 Å². The first-order valence-electron chi connectivity index (χ1n) is 12.6. The van der Waals surface area contributed by atoms with Gasteiger partial charge in [-0.2, -0.15) is 9.97 Å². The number of aliphatic hydroxyl groups excluding tert-OH is 1. The lowest BCUT2D eigenvalue weighted by atomic mass is 9.80. The molecule has 1 aliphatic heterocycles. The van der Waals surface area contributed by atoms with Crippen LogP contribution in [0, 0.1) is 0 Å². The van der Waals surface area contributed by atoms with Gasteiger partial charge in [-0.05, 0) is 37.6 Å². The normalized spacial score (nSPS) is 14.6. The molecule has 0 radical (unpaired) electrons. The maximum Gasteiger partial charge on any atom is 0.493 e. The molecule has 1 aromatic carbocycles. The van der Waals surface area contributed by atoms with E-state index in [-0.39, 0.29) is 18.4 Å². The van der Waals surface area contributed by atoms with E-state index in [0.29, 0.717) is 39.7 Å². The molecule has 0 amide bonds. The summed E-state index contributed by atoms with van der Waals surface area (Å²) in [6.45, 7) is 3.49. The summed E-state index contributed by atoms with van der Waals surface area (Å²) < 4.78 is 11.2. The van der Waals surface area contributed by atoms with Crippen LogP contribution < -0.4 is 16.1 Å². The van der Waals surface area contributed by atoms with E-state index in [1.165, 1.54) is 0 Å². The summed E-state index contributed by atoms with van der Waals surface area (Å²) in [4.78, 5) is 22.4. The average Bonchev–Trinajstić information content (AvgIpc) is 3.55. The van der Waals surface area contributed by atoms with Crippen LogP contribution in [0.5, 0.6) is 0 Å². The first-order chi connectivity index (χ1) is 19.4. The van der Waals surface area contributed by atoms with Gasteiger partial charge in [0, 0.05) is 29.6 Å². The van der Waals surface area contributed by atoms with Gasteiger partial charge in [0.25, 0.3) is 5.89 Å². The van der Waals surface area contributed by atoms with Crippen molar-refractivity contribution in [3.8, 4) is 22.8 Å². The number of rotatable bonds is 8. The molecule has 4 aromatic heterocycles. The summed E-state index contributed by atoms with van der Waals surface area (Å²) in [6, 6.07) is 16.1. The predicted molar refractivity (Wildman–Crippen MR) is 148 cm³/mol. The number of fused-ring (bicyclic) bond motifs is 1. The molecule has 6 rings (SSSR count). The van der Waals surface area contributed by atoms with Gasteiger partial charge in [0.15, 0.2) is 0 Å². The van der Waals surface area contributed by atoms with Crippen LogP contribution in [0.2, 0.25) is 0 Å². The number of benzene rings is 1. The molecule has 0 unspecified atom stereocenters. The first kappa shape index (κ1) is 25.6. The van der Waals surface area contributed by atoms with Crippen LogP contribution in [0.15, 0.2) is 77.7 Å². The minimum absolute atomic E-state index is 0.190. The molecule has 1 atom stereocenters. The molecular formula is C27H25BN8O4. The van der Waals surface area contributed by atoms with E-state index in [0.717, 1.165) is 5.56 Å². The van der Waals surface area contributed by atoms with E-state index >= 15 is 0 Å². The van der Waals surface area contributed by atoms with E-state index in [1.807, 2.05) is 50.2 Å². The number of nitrogens with zero attached hydrogens (tertiary/aromatic N) is 6. The zero-order valence-corrected chi connectivity index (χ0v) is 21.7. The van der Waals surface area contributed by atoms with Crippen molar-refractivity contribution < 1.29 is 19.3 Å². The molecule has 13 heteroatoms. The van der Waals surface area contributed by atoms with E-state index < -0.39 is 18.8 Å². The van der Waals surface area contributed by atoms with Crippen LogP contribution in [0.3, 0.4) is 0 Å². The van der Waals surface area contributed by atoms with Crippen molar-refractivity contribution in [2.75, 3.05) is 17.2 Å². The minimum atomic E-state index is -1.03. The molecule has 40 heavy (non-hydrogen) atoms. The molecule has 200 valence electrons. The largest absolute Gasteiger partial charge is 0.493 e. The van der Waals surface area contributed by atoms with Gasteiger partial charge in [-0.1, -0.05) is 41.6 Å². The molecule has 0 saturated carbocycles. The smallest absolute Gasteiger partial charge is 0.423 e. The van der Waals surface area contributed by atoms with Crippen LogP contribution in [0.25, 0.3) is 22.8 Å². The van der Waals surface area contributed by atoms with Gasteiger partial charge in [-0.15, -0.1) is 0 Å². The minimum Gasteiger partial charge on any atom is -0.423 e. The van der Waals surface area contributed by atoms with Crippen LogP contribution in [0.1, 0.15) is 31.1 Å². The fourth-order valence-electron chi connectivity index (χ4n) is 4.47. The van der Waals surface area contributed by atoms with Gasteiger partial charge in [0.2, 0.25) is 11.8 Å². The monoisotopic (exact) mass is 536 g/mol. The molecule has 0 spiro atoms. The third kappa shape index (κ3) is 5.00. The number of aromatic nitrogens is 6. The Morgan fingerprint density at radius 3 is 2.62 bits per heavy atom. The topological polar surface area (TPSA) is 164 Å². The third-order valence-corrected chi connectivity index (χ3v) is 6.47. The molecule has 5 heterocycles. The molecule has 1 aliphatic rings. The maximum absolute atomic E-state index is 10.2. The number of hydrogen-bond donors (Lipinski definition) is 4. The highest BCUT2D eigenvalue weighted by atomic mass is 16.5. The summed E-state index contributed by atoms with van der Waals surface area (Å²) in [5, 5.41) is 30.9. The Hall–Kier alpha value is -4.72. The fourth-order valence-corrected chi connectivity index (χ4v) is 4.47. The second-order valence-corrected chi connectivity index (χ2v) is 9.65. The van der Waals surface area contributed by atoms with Crippen molar-refractivity contribution in [3.05, 3.63) is 84.4 Å². The maximum atomic E-state index is 10.2. The number of anilines is 3. The molecule has 0 bridgehead atoms. The molecule has 0 aliphatic carbocycles. The van der Waals surface area contributed by atoms with Crippen LogP contribution in [-0.4, -0.2) is 53.9 Å². The second kappa shape index (κ2) is 10.5. The Morgan fingerprint density at radius 1 is 1.00 bits per heavy atom. The highest BCUT2D eigenvalue weighted by Gasteiger charge is 2.42. The SMILES string of the molecule is CC1(C)OB(O)c2ccc(Nc3ncc(-c4nc(-c5cccnc5)no4)c(N[C@H](CO)c4ccccc4)n3)nc21. The highest BCUT2D eigenvalue weighted by Crippen LogP contribution is 2.32. The summed E-state index contributed by atoms with van der Waals surface area (Å²) in [6.07, 6.45) is 4.86. The van der Waals surface area contributed by atoms with Crippen molar-refractivity contribution in [1.29, 1.82) is 0 Å². The van der Waals surface area contributed by atoms with Crippen molar-refractivity contribution >= 4 is 30.2 Å². The first-order valence-corrected chi connectivity index (χ1v) is 12.6. The number of aliphatic hydroxyl groups is 1. The number of pyridine rings is 2. The number of hydrogen-bond acceptors (Lipinski definition) is 12. The zero-order valence-electron chi connectivity index (χ0n) is 21.7. The van der Waals surface area contributed by atoms with E-state index in [9.17, 15) is 10.1 Å². The Labute approximate surface area is 229 Å². The summed E-state index contributed by atoms with van der Waals surface area (Å²) in [5.41, 5.74) is 2.50. The van der Waals surface area contributed by atoms with Crippen molar-refractivity contribution in [2.45, 2.75) is 25.5 Å². The highest BCUT2D eigenvalue weighted by molar-refractivity contribution is 6.61. The lowest BCUT2D eigenvalue weighted by Crippen LogP contribution is -2.28. The van der Waals surface area contributed by atoms with Gasteiger partial charge in [-0.25, -0.2) is 9.97 Å². The lowest BCUT2D eigenvalue weighted by molar-refractivity contribution is 0.0970. The fraction of sp³-hybridized carbons (Fsp3) is 0.185. The second-order valence-electron chi connectivity index (χ2n) is 9.65. The van der Waals surface area contributed by atoms with Gasteiger partial charge < -0.3 is 29.9 Å². The molecule has 4 N–H and O–H groups in total. The summed E-state index contributed by atoms with van der Waals surface area (Å²) >= 11 is 0. The van der Waals surface area contributed by atoms with Crippen LogP contribution in [0.4, 0.5) is 17.6 Å². The third-order valence-electron chi connectivity index (χ3n) is 6.47. The number of nitrogens with one attached hydrogen (secondary N) is 2. The lowest BCUT2D eigenvalue weighted by Gasteiger charge is -2.20. The van der Waals surface area contributed by atoms with Crippen molar-refractivity contribution in [2.24, 2.45) is 0 Å². The molecular weight excluding hydrogens is 511 g/mol. The Morgan fingerprint density at radius 2 is 1.85 bits per heavy atom. The Kier molecular flexibility index (Phi) is 6.68. The quantitative estimate of drug-likeness (QED) is 0.215. The molecule has 12 nitrogen and oxygen atoms in total. The predicted octanol–water partition coefficient (Wildman–Crippen LogP) is 2.83. The zero-order chi connectivity index (χ0) is 27.7. The standard InChI is InChI=1S/C27H25BN8O4/c1-27(2)22-19(28(38)40-27)10-11-21(32-22)33-26-30-14-18(25-34-23(36-39-25)17-9-6-12-29-13-17)24(35-26)31-20(15-37)16-7-4-3-5-8-16/h3-14,20,37-38H,15H2,1-2H3,(H2,30,31,32,33,35)/t20-/m1/s1. The van der Waals surface area contributed by atoms with Crippen LogP contribution >= 0.6 is 0 Å². The average molecular weight is 536 g/mol. The Bertz CT molecular complexity index is 1630. The molecule has 0 saturated heterocycles. The summed E-state index contributed by atoms with van der Waals surface area (Å²) in [5.74, 6) is 1.64. The van der Waals surface area contributed by atoms with E-state index in [1.54, 1.807) is 36.8 Å². The van der Waals surface area contributed by atoms with Crippen molar-refractivity contribution in [1.82, 2.24) is 30.1 Å². The van der Waals surface area contributed by atoms with Crippen molar-refractivity contribution in [3.63, 3.8) is 0 Å². The van der Waals surface area contributed by atoms with E-state index in [2.05, 4.69) is 40.7 Å².